The van der Waals surface area contributed by atoms with Gasteiger partial charge in [0, 0.05) is 5.69 Å². The van der Waals surface area contributed by atoms with Crippen LogP contribution in [0.25, 0.3) is 0 Å². The highest BCUT2D eigenvalue weighted by atomic mass is 16.4. The number of hydrogen-bond acceptors (Lipinski definition) is 2. The lowest BCUT2D eigenvalue weighted by atomic mass is 10.00. The molecule has 4 nitrogen and oxygen atoms in total. The third-order valence-corrected chi connectivity index (χ3v) is 2.86. The molecular formula is C14H19NO3. The number of anilines is 1. The Bertz CT molecular complexity index is 440. The molecule has 0 aliphatic rings. The van der Waals surface area contributed by atoms with E-state index < -0.39 is 17.8 Å². The number of carboxylic acid groups (broad SMARTS) is 1. The lowest BCUT2D eigenvalue weighted by Crippen LogP contribution is -2.29. The molecule has 2 N–H and O–H groups in total. The number of carboxylic acids is 1. The second kappa shape index (κ2) is 6.19. The fraction of sp³-hybridized carbons (Fsp3) is 0.429. The highest BCUT2D eigenvalue weighted by Gasteiger charge is 2.24. The van der Waals surface area contributed by atoms with Crippen LogP contribution in [-0.2, 0) is 9.59 Å². The Hall–Kier alpha value is -1.84. The first kappa shape index (κ1) is 14.2. The second-order valence-corrected chi connectivity index (χ2v) is 4.53. The van der Waals surface area contributed by atoms with Gasteiger partial charge in [0.05, 0.1) is 0 Å². The molecule has 0 radical (unpaired) electrons. The van der Waals surface area contributed by atoms with Gasteiger partial charge in [-0.1, -0.05) is 39.0 Å². The van der Waals surface area contributed by atoms with Crippen LogP contribution in [0.5, 0.6) is 0 Å². The molecule has 1 aromatic rings. The quantitative estimate of drug-likeness (QED) is 0.788. The van der Waals surface area contributed by atoms with Crippen molar-refractivity contribution in [2.45, 2.75) is 33.1 Å². The van der Waals surface area contributed by atoms with Crippen LogP contribution in [0.4, 0.5) is 5.69 Å². The standard InChI is InChI=1S/C14H19NO3/c1-4-10(14(17)18)13(16)15-12-8-6-5-7-11(12)9(2)3/h5-10H,4H2,1-3H3,(H,15,16)(H,17,18). The summed E-state index contributed by atoms with van der Waals surface area (Å²) in [5.41, 5.74) is 1.70. The van der Waals surface area contributed by atoms with Crippen molar-refractivity contribution in [3.63, 3.8) is 0 Å². The van der Waals surface area contributed by atoms with Gasteiger partial charge in [0.15, 0.2) is 0 Å². The zero-order valence-electron chi connectivity index (χ0n) is 10.9. The fourth-order valence-corrected chi connectivity index (χ4v) is 1.81. The van der Waals surface area contributed by atoms with Gasteiger partial charge in [0.25, 0.3) is 0 Å². The lowest BCUT2D eigenvalue weighted by Gasteiger charge is -2.15. The van der Waals surface area contributed by atoms with Crippen molar-refractivity contribution in [2.24, 2.45) is 5.92 Å². The minimum atomic E-state index is -1.09. The Labute approximate surface area is 107 Å². The molecule has 1 rings (SSSR count). The summed E-state index contributed by atoms with van der Waals surface area (Å²) in [5, 5.41) is 11.6. The smallest absolute Gasteiger partial charge is 0.316 e. The maximum absolute atomic E-state index is 11.9. The summed E-state index contributed by atoms with van der Waals surface area (Å²) in [7, 11) is 0. The molecule has 0 saturated heterocycles. The molecule has 0 saturated carbocycles. The number of carbonyl (C=O) groups excluding carboxylic acids is 1. The van der Waals surface area contributed by atoms with Crippen molar-refractivity contribution in [1.82, 2.24) is 0 Å². The van der Waals surface area contributed by atoms with E-state index in [2.05, 4.69) is 5.32 Å². The number of benzene rings is 1. The van der Waals surface area contributed by atoms with Gasteiger partial charge in [0.2, 0.25) is 5.91 Å². The molecular weight excluding hydrogens is 230 g/mol. The molecule has 4 heteroatoms. The molecule has 1 aromatic carbocycles. The number of carbonyl (C=O) groups is 2. The van der Waals surface area contributed by atoms with Gasteiger partial charge in [-0.3, -0.25) is 9.59 Å². The molecule has 1 atom stereocenters. The maximum atomic E-state index is 11.9. The molecule has 0 aliphatic heterocycles. The summed E-state index contributed by atoms with van der Waals surface area (Å²) < 4.78 is 0. The van der Waals surface area contributed by atoms with Gasteiger partial charge >= 0.3 is 5.97 Å². The molecule has 0 bridgehead atoms. The van der Waals surface area contributed by atoms with Crippen molar-refractivity contribution in [2.75, 3.05) is 5.32 Å². The summed E-state index contributed by atoms with van der Waals surface area (Å²) in [6, 6.07) is 7.45. The first-order valence-corrected chi connectivity index (χ1v) is 6.10. The Morgan fingerprint density at radius 3 is 2.39 bits per heavy atom. The van der Waals surface area contributed by atoms with E-state index in [0.29, 0.717) is 5.69 Å². The number of hydrogen-bond donors (Lipinski definition) is 2. The summed E-state index contributed by atoms with van der Waals surface area (Å²) in [5.74, 6) is -2.27. The number of rotatable bonds is 5. The normalized spacial score (nSPS) is 12.2. The predicted molar refractivity (Wildman–Crippen MR) is 70.6 cm³/mol. The van der Waals surface area contributed by atoms with Crippen molar-refractivity contribution < 1.29 is 14.7 Å². The molecule has 1 unspecified atom stereocenters. The molecule has 0 spiro atoms. The Kier molecular flexibility index (Phi) is 4.89. The molecule has 98 valence electrons. The third kappa shape index (κ3) is 3.32. The average Bonchev–Trinajstić information content (AvgIpc) is 2.29. The zero-order chi connectivity index (χ0) is 13.7. The summed E-state index contributed by atoms with van der Waals surface area (Å²) in [4.78, 5) is 22.8. The lowest BCUT2D eigenvalue weighted by molar-refractivity contribution is -0.145. The van der Waals surface area contributed by atoms with Crippen LogP contribution in [0.1, 0.15) is 38.7 Å². The largest absolute Gasteiger partial charge is 0.481 e. The first-order chi connectivity index (χ1) is 8.47. The highest BCUT2D eigenvalue weighted by molar-refractivity contribution is 6.04. The number of amides is 1. The summed E-state index contributed by atoms with van der Waals surface area (Å²) in [6.07, 6.45) is 0.283. The van der Waals surface area contributed by atoms with Crippen LogP contribution in [0, 0.1) is 5.92 Å². The van der Waals surface area contributed by atoms with E-state index in [1.165, 1.54) is 0 Å². The van der Waals surface area contributed by atoms with Crippen molar-refractivity contribution in [3.05, 3.63) is 29.8 Å². The predicted octanol–water partition coefficient (Wildman–Crippen LogP) is 2.86. The number of aliphatic carboxylic acids is 1. The van der Waals surface area contributed by atoms with E-state index in [0.717, 1.165) is 5.56 Å². The van der Waals surface area contributed by atoms with Gasteiger partial charge in [-0.2, -0.15) is 0 Å². The zero-order valence-corrected chi connectivity index (χ0v) is 10.9. The van der Waals surface area contributed by atoms with Gasteiger partial charge < -0.3 is 10.4 Å². The Balaban J connectivity index is 2.91. The minimum Gasteiger partial charge on any atom is -0.481 e. The van der Waals surface area contributed by atoms with Crippen LogP contribution < -0.4 is 5.32 Å². The van der Waals surface area contributed by atoms with Crippen molar-refractivity contribution in [1.29, 1.82) is 0 Å². The third-order valence-electron chi connectivity index (χ3n) is 2.86. The summed E-state index contributed by atoms with van der Waals surface area (Å²) >= 11 is 0. The van der Waals surface area contributed by atoms with Crippen LogP contribution in [-0.4, -0.2) is 17.0 Å². The van der Waals surface area contributed by atoms with E-state index in [9.17, 15) is 9.59 Å². The van der Waals surface area contributed by atoms with Crippen LogP contribution in [0.15, 0.2) is 24.3 Å². The van der Waals surface area contributed by atoms with Gasteiger partial charge in [-0.25, -0.2) is 0 Å². The highest BCUT2D eigenvalue weighted by Crippen LogP contribution is 2.24. The molecule has 0 heterocycles. The number of nitrogens with one attached hydrogen (secondary N) is 1. The Morgan fingerprint density at radius 1 is 1.28 bits per heavy atom. The monoisotopic (exact) mass is 249 g/mol. The second-order valence-electron chi connectivity index (χ2n) is 4.53. The summed E-state index contributed by atoms with van der Waals surface area (Å²) in [6.45, 7) is 5.74. The van der Waals surface area contributed by atoms with E-state index in [-0.39, 0.29) is 12.3 Å². The van der Waals surface area contributed by atoms with Gasteiger partial charge in [0.1, 0.15) is 5.92 Å². The van der Waals surface area contributed by atoms with E-state index in [1.54, 1.807) is 13.0 Å². The van der Waals surface area contributed by atoms with Crippen LogP contribution in [0.2, 0.25) is 0 Å². The van der Waals surface area contributed by atoms with Crippen LogP contribution in [0.3, 0.4) is 0 Å². The van der Waals surface area contributed by atoms with Gasteiger partial charge in [-0.15, -0.1) is 0 Å². The fourth-order valence-electron chi connectivity index (χ4n) is 1.81. The Morgan fingerprint density at radius 2 is 1.89 bits per heavy atom. The molecule has 0 fully saturated rings. The topological polar surface area (TPSA) is 66.4 Å². The molecule has 0 aromatic heterocycles. The average molecular weight is 249 g/mol. The molecule has 18 heavy (non-hydrogen) atoms. The first-order valence-electron chi connectivity index (χ1n) is 6.10. The van der Waals surface area contributed by atoms with E-state index in [4.69, 9.17) is 5.11 Å². The SMILES string of the molecule is CCC(C(=O)O)C(=O)Nc1ccccc1C(C)C. The molecule has 1 amide bonds. The van der Waals surface area contributed by atoms with Gasteiger partial charge in [-0.05, 0) is 24.0 Å². The van der Waals surface area contributed by atoms with Crippen LogP contribution >= 0.6 is 0 Å². The van der Waals surface area contributed by atoms with E-state index >= 15 is 0 Å². The minimum absolute atomic E-state index is 0.270. The van der Waals surface area contributed by atoms with Crippen molar-refractivity contribution in [3.8, 4) is 0 Å². The number of para-hydroxylation sites is 1. The van der Waals surface area contributed by atoms with Crippen molar-refractivity contribution >= 4 is 17.6 Å². The maximum Gasteiger partial charge on any atom is 0.316 e. The molecule has 0 aliphatic carbocycles. The van der Waals surface area contributed by atoms with E-state index in [1.807, 2.05) is 32.0 Å².